The molecule has 0 spiro atoms. The topological polar surface area (TPSA) is 99.3 Å². The Bertz CT molecular complexity index is 957. The van der Waals surface area contributed by atoms with Crippen LogP contribution in [-0.4, -0.2) is 66.0 Å². The van der Waals surface area contributed by atoms with Crippen molar-refractivity contribution in [2.75, 3.05) is 55.0 Å². The fraction of sp³-hybridized carbons (Fsp3) is 0.333. The minimum absolute atomic E-state index is 0.300. The van der Waals surface area contributed by atoms with E-state index in [1.54, 1.807) is 18.5 Å². The molecule has 2 N–H and O–H groups in total. The molecule has 0 aliphatic carbocycles. The SMILES string of the molecule is CN(CCc1ccccc1)c1nc(C(=O)Nc2cn[nH]c2)cc(N2CCOCC2)n1. The number of likely N-dealkylation sites (N-methyl/N-ethyl adjacent to an activating group) is 1. The molecule has 0 saturated carbocycles. The van der Waals surface area contributed by atoms with Crippen LogP contribution < -0.4 is 15.1 Å². The number of benzene rings is 1. The van der Waals surface area contributed by atoms with Gasteiger partial charge >= 0.3 is 0 Å². The van der Waals surface area contributed by atoms with E-state index in [0.29, 0.717) is 30.5 Å². The second kappa shape index (κ2) is 9.36. The predicted molar refractivity (Wildman–Crippen MR) is 115 cm³/mol. The largest absolute Gasteiger partial charge is 0.378 e. The number of nitrogens with zero attached hydrogens (tertiary/aromatic N) is 5. The fourth-order valence-electron chi connectivity index (χ4n) is 3.22. The van der Waals surface area contributed by atoms with Crippen molar-refractivity contribution < 1.29 is 9.53 Å². The van der Waals surface area contributed by atoms with E-state index in [2.05, 4.69) is 37.5 Å². The van der Waals surface area contributed by atoms with Gasteiger partial charge in [-0.2, -0.15) is 10.1 Å². The molecule has 3 aromatic rings. The minimum Gasteiger partial charge on any atom is -0.378 e. The van der Waals surface area contributed by atoms with Crippen LogP contribution in [0.25, 0.3) is 0 Å². The molecule has 0 bridgehead atoms. The van der Waals surface area contributed by atoms with E-state index in [1.807, 2.05) is 30.1 Å². The van der Waals surface area contributed by atoms with Crippen molar-refractivity contribution in [3.05, 3.63) is 60.0 Å². The number of ether oxygens (including phenoxy) is 1. The lowest BCUT2D eigenvalue weighted by atomic mass is 10.1. The third-order valence-electron chi connectivity index (χ3n) is 4.94. The molecule has 1 fully saturated rings. The van der Waals surface area contributed by atoms with Crippen LogP contribution in [0.2, 0.25) is 0 Å². The van der Waals surface area contributed by atoms with Gasteiger partial charge < -0.3 is 19.9 Å². The normalized spacial score (nSPS) is 13.8. The number of hydrogen-bond donors (Lipinski definition) is 2. The number of carbonyl (C=O) groups excluding carboxylic acids is 1. The van der Waals surface area contributed by atoms with Crippen molar-refractivity contribution >= 4 is 23.4 Å². The number of nitrogens with one attached hydrogen (secondary N) is 2. The Hall–Kier alpha value is -3.46. The van der Waals surface area contributed by atoms with E-state index in [4.69, 9.17) is 9.72 Å². The second-order valence-corrected chi connectivity index (χ2v) is 7.11. The van der Waals surface area contributed by atoms with E-state index < -0.39 is 0 Å². The van der Waals surface area contributed by atoms with Crippen molar-refractivity contribution in [2.24, 2.45) is 0 Å². The van der Waals surface area contributed by atoms with E-state index in [1.165, 1.54) is 5.56 Å². The monoisotopic (exact) mass is 407 g/mol. The standard InChI is InChI=1S/C21H25N7O2/c1-27(8-7-16-5-3-2-4-6-16)21-25-18(20(29)24-17-14-22-23-15-17)13-19(26-21)28-9-11-30-12-10-28/h2-6,13-15H,7-12H2,1H3,(H,22,23)(H,24,29). The van der Waals surface area contributed by atoms with Crippen LogP contribution in [0, 0.1) is 0 Å². The summed E-state index contributed by atoms with van der Waals surface area (Å²) in [6, 6.07) is 12.0. The highest BCUT2D eigenvalue weighted by Crippen LogP contribution is 2.19. The highest BCUT2D eigenvalue weighted by Gasteiger charge is 2.19. The summed E-state index contributed by atoms with van der Waals surface area (Å²) in [4.78, 5) is 26.2. The van der Waals surface area contributed by atoms with Gasteiger partial charge in [-0.3, -0.25) is 9.89 Å². The molecule has 1 saturated heterocycles. The molecule has 0 radical (unpaired) electrons. The van der Waals surface area contributed by atoms with Crippen LogP contribution >= 0.6 is 0 Å². The molecule has 1 aromatic carbocycles. The fourth-order valence-corrected chi connectivity index (χ4v) is 3.22. The first-order chi connectivity index (χ1) is 14.7. The average Bonchev–Trinajstić information content (AvgIpc) is 3.31. The summed E-state index contributed by atoms with van der Waals surface area (Å²) in [5.41, 5.74) is 2.14. The second-order valence-electron chi connectivity index (χ2n) is 7.11. The van der Waals surface area contributed by atoms with Gasteiger partial charge in [-0.25, -0.2) is 4.98 Å². The molecule has 9 heteroatoms. The van der Waals surface area contributed by atoms with Gasteiger partial charge in [0.15, 0.2) is 0 Å². The highest BCUT2D eigenvalue weighted by molar-refractivity contribution is 6.03. The van der Waals surface area contributed by atoms with Gasteiger partial charge in [0, 0.05) is 38.9 Å². The summed E-state index contributed by atoms with van der Waals surface area (Å²) in [6.07, 6.45) is 4.03. The maximum atomic E-state index is 12.8. The lowest BCUT2D eigenvalue weighted by Crippen LogP contribution is -2.37. The maximum absolute atomic E-state index is 12.8. The number of aromatic amines is 1. The molecule has 30 heavy (non-hydrogen) atoms. The quantitative estimate of drug-likeness (QED) is 0.618. The Morgan fingerprint density at radius 3 is 2.77 bits per heavy atom. The number of aromatic nitrogens is 4. The number of H-pyrrole nitrogens is 1. The van der Waals surface area contributed by atoms with Crippen LogP contribution in [0.3, 0.4) is 0 Å². The Balaban J connectivity index is 1.56. The van der Waals surface area contributed by atoms with Crippen LogP contribution in [0.1, 0.15) is 16.1 Å². The molecule has 4 rings (SSSR count). The number of anilines is 3. The van der Waals surface area contributed by atoms with E-state index in [-0.39, 0.29) is 5.91 Å². The van der Waals surface area contributed by atoms with Crippen molar-refractivity contribution in [1.29, 1.82) is 0 Å². The van der Waals surface area contributed by atoms with Gasteiger partial charge in [0.2, 0.25) is 5.95 Å². The zero-order chi connectivity index (χ0) is 20.8. The van der Waals surface area contributed by atoms with Gasteiger partial charge in [-0.1, -0.05) is 30.3 Å². The van der Waals surface area contributed by atoms with E-state index >= 15 is 0 Å². The Morgan fingerprint density at radius 2 is 2.03 bits per heavy atom. The van der Waals surface area contributed by atoms with E-state index in [0.717, 1.165) is 31.9 Å². The van der Waals surface area contributed by atoms with Crippen molar-refractivity contribution in [3.8, 4) is 0 Å². The van der Waals surface area contributed by atoms with Crippen molar-refractivity contribution in [2.45, 2.75) is 6.42 Å². The number of hydrogen-bond acceptors (Lipinski definition) is 7. The van der Waals surface area contributed by atoms with E-state index in [9.17, 15) is 4.79 Å². The smallest absolute Gasteiger partial charge is 0.274 e. The third kappa shape index (κ3) is 4.93. The molecular weight excluding hydrogens is 382 g/mol. The average molecular weight is 407 g/mol. The maximum Gasteiger partial charge on any atom is 0.274 e. The minimum atomic E-state index is -0.300. The van der Waals surface area contributed by atoms with Gasteiger partial charge in [0.25, 0.3) is 5.91 Å². The lowest BCUT2D eigenvalue weighted by molar-refractivity contribution is 0.102. The number of amides is 1. The van der Waals surface area contributed by atoms with Crippen LogP contribution in [0.4, 0.5) is 17.5 Å². The Morgan fingerprint density at radius 1 is 1.23 bits per heavy atom. The van der Waals surface area contributed by atoms with Crippen LogP contribution in [-0.2, 0) is 11.2 Å². The zero-order valence-electron chi connectivity index (χ0n) is 16.9. The Kier molecular flexibility index (Phi) is 6.19. The summed E-state index contributed by atoms with van der Waals surface area (Å²) in [7, 11) is 1.94. The van der Waals surface area contributed by atoms with Crippen molar-refractivity contribution in [3.63, 3.8) is 0 Å². The first-order valence-electron chi connectivity index (χ1n) is 9.96. The summed E-state index contributed by atoms with van der Waals surface area (Å²) < 4.78 is 5.45. The van der Waals surface area contributed by atoms with Gasteiger partial charge in [-0.15, -0.1) is 0 Å². The summed E-state index contributed by atoms with van der Waals surface area (Å²) in [6.45, 7) is 3.47. The molecule has 2 aromatic heterocycles. The molecule has 0 atom stereocenters. The molecule has 0 unspecified atom stereocenters. The molecular formula is C21H25N7O2. The van der Waals surface area contributed by atoms with Gasteiger partial charge in [0.05, 0.1) is 25.1 Å². The molecule has 1 amide bonds. The molecule has 9 nitrogen and oxygen atoms in total. The highest BCUT2D eigenvalue weighted by atomic mass is 16.5. The summed E-state index contributed by atoms with van der Waals surface area (Å²) in [5.74, 6) is 0.950. The first kappa shape index (κ1) is 19.8. The summed E-state index contributed by atoms with van der Waals surface area (Å²) >= 11 is 0. The van der Waals surface area contributed by atoms with Gasteiger partial charge in [0.1, 0.15) is 11.5 Å². The van der Waals surface area contributed by atoms with Gasteiger partial charge in [-0.05, 0) is 12.0 Å². The molecule has 1 aliphatic heterocycles. The first-order valence-corrected chi connectivity index (χ1v) is 9.96. The van der Waals surface area contributed by atoms with Crippen LogP contribution in [0.15, 0.2) is 48.8 Å². The van der Waals surface area contributed by atoms with Crippen LogP contribution in [0.5, 0.6) is 0 Å². The lowest BCUT2D eigenvalue weighted by Gasteiger charge is -2.29. The third-order valence-corrected chi connectivity index (χ3v) is 4.94. The summed E-state index contributed by atoms with van der Waals surface area (Å²) in [5, 5.41) is 9.35. The predicted octanol–water partition coefficient (Wildman–Crippen LogP) is 1.97. The van der Waals surface area contributed by atoms with Crippen molar-refractivity contribution in [1.82, 2.24) is 20.2 Å². The Labute approximate surface area is 175 Å². The molecule has 3 heterocycles. The molecule has 156 valence electrons. The zero-order valence-corrected chi connectivity index (χ0v) is 16.9. The molecule has 1 aliphatic rings. The number of carbonyl (C=O) groups is 1. The number of morpholine rings is 1. The number of rotatable bonds is 7.